The third-order valence-electron chi connectivity index (χ3n) is 3.10. The number of ether oxygens (including phenoxy) is 1. The van der Waals surface area contributed by atoms with E-state index in [4.69, 9.17) is 10.00 Å². The van der Waals surface area contributed by atoms with E-state index in [0.717, 1.165) is 5.69 Å². The average Bonchev–Trinajstić information content (AvgIpc) is 2.39. The van der Waals surface area contributed by atoms with E-state index in [0.29, 0.717) is 37.7 Å². The van der Waals surface area contributed by atoms with Crippen LogP contribution in [0.1, 0.15) is 24.2 Å². The summed E-state index contributed by atoms with van der Waals surface area (Å²) in [6.07, 6.45) is 1.39. The van der Waals surface area contributed by atoms with Crippen LogP contribution in [-0.2, 0) is 4.74 Å². The summed E-state index contributed by atoms with van der Waals surface area (Å²) in [5, 5.41) is 21.6. The summed E-state index contributed by atoms with van der Waals surface area (Å²) in [7, 11) is 0. The van der Waals surface area contributed by atoms with Crippen molar-refractivity contribution in [3.8, 4) is 6.07 Å². The molecule has 0 spiro atoms. The normalized spacial score (nSPS) is 18.1. The zero-order valence-electron chi connectivity index (χ0n) is 10.3. The number of rotatable bonds is 3. The Hall–Kier alpha value is -1.71. The predicted octanol–water partition coefficient (Wildman–Crippen LogP) is 0.610. The lowest BCUT2D eigenvalue weighted by Gasteiger charge is -2.36. The average molecular weight is 248 g/mol. The second kappa shape index (κ2) is 5.29. The van der Waals surface area contributed by atoms with Gasteiger partial charge in [-0.15, -0.1) is 0 Å². The van der Waals surface area contributed by atoms with Gasteiger partial charge >= 0.3 is 0 Å². The largest absolute Gasteiger partial charge is 0.394 e. The summed E-state index contributed by atoms with van der Waals surface area (Å²) in [5.74, 6) is 0.391. The fourth-order valence-electron chi connectivity index (χ4n) is 2.00. The van der Waals surface area contributed by atoms with Crippen molar-refractivity contribution in [2.75, 3.05) is 25.1 Å². The molecule has 1 aliphatic rings. The van der Waals surface area contributed by atoms with Crippen molar-refractivity contribution in [3.05, 3.63) is 17.5 Å². The number of nitriles is 1. The fraction of sp³-hybridized carbons (Fsp3) is 0.583. The highest BCUT2D eigenvalue weighted by Gasteiger charge is 2.32. The first-order chi connectivity index (χ1) is 8.67. The Morgan fingerprint density at radius 2 is 2.22 bits per heavy atom. The Balaban J connectivity index is 2.21. The number of nitrogens with one attached hydrogen (secondary N) is 1. The van der Waals surface area contributed by atoms with Crippen LogP contribution in [0, 0.1) is 18.3 Å². The van der Waals surface area contributed by atoms with Gasteiger partial charge in [-0.2, -0.15) is 5.26 Å². The van der Waals surface area contributed by atoms with Crippen molar-refractivity contribution in [1.29, 1.82) is 5.26 Å². The summed E-state index contributed by atoms with van der Waals surface area (Å²) in [6.45, 7) is 3.01. The molecule has 1 saturated heterocycles. The molecule has 18 heavy (non-hydrogen) atoms. The van der Waals surface area contributed by atoms with Crippen LogP contribution in [0.25, 0.3) is 0 Å². The van der Waals surface area contributed by atoms with Gasteiger partial charge in [-0.1, -0.05) is 0 Å². The van der Waals surface area contributed by atoms with E-state index < -0.39 is 5.54 Å². The molecule has 2 heterocycles. The summed E-state index contributed by atoms with van der Waals surface area (Å²) >= 11 is 0. The molecule has 0 aliphatic carbocycles. The van der Waals surface area contributed by atoms with E-state index in [9.17, 15) is 5.11 Å². The lowest BCUT2D eigenvalue weighted by Crippen LogP contribution is -2.47. The molecule has 2 rings (SSSR count). The summed E-state index contributed by atoms with van der Waals surface area (Å²) in [5.41, 5.74) is 0.605. The number of nitrogens with zero attached hydrogens (tertiary/aromatic N) is 3. The van der Waals surface area contributed by atoms with Gasteiger partial charge in [0, 0.05) is 18.9 Å². The first kappa shape index (κ1) is 12.7. The number of hydrogen-bond acceptors (Lipinski definition) is 6. The smallest absolute Gasteiger partial charge is 0.224 e. The molecule has 1 aromatic heterocycles. The highest BCUT2D eigenvalue weighted by Crippen LogP contribution is 2.24. The van der Waals surface area contributed by atoms with E-state index in [1.54, 1.807) is 6.07 Å². The maximum atomic E-state index is 9.56. The molecule has 0 radical (unpaired) electrons. The van der Waals surface area contributed by atoms with E-state index in [1.807, 2.05) is 13.0 Å². The SMILES string of the molecule is Cc1cc(C#N)nc(NC2(CO)CCOCC2)n1. The quantitative estimate of drug-likeness (QED) is 0.814. The molecule has 0 bridgehead atoms. The standard InChI is InChI=1S/C12H16N4O2/c1-9-6-10(7-13)15-11(14-9)16-12(8-17)2-4-18-5-3-12/h6,17H,2-5,8H2,1H3,(H,14,15,16). The second-order valence-electron chi connectivity index (χ2n) is 4.51. The number of aryl methyl sites for hydroxylation is 1. The van der Waals surface area contributed by atoms with Crippen molar-refractivity contribution in [1.82, 2.24) is 9.97 Å². The minimum atomic E-state index is -0.446. The van der Waals surface area contributed by atoms with Gasteiger partial charge in [-0.3, -0.25) is 0 Å². The van der Waals surface area contributed by atoms with Gasteiger partial charge in [-0.25, -0.2) is 9.97 Å². The monoisotopic (exact) mass is 248 g/mol. The predicted molar refractivity (Wildman–Crippen MR) is 65.0 cm³/mol. The molecule has 1 fully saturated rings. The van der Waals surface area contributed by atoms with Crippen LogP contribution in [0.4, 0.5) is 5.95 Å². The third kappa shape index (κ3) is 2.75. The zero-order valence-corrected chi connectivity index (χ0v) is 10.3. The summed E-state index contributed by atoms with van der Waals surface area (Å²) in [6, 6.07) is 3.62. The number of aromatic nitrogens is 2. The maximum absolute atomic E-state index is 9.56. The Morgan fingerprint density at radius 3 is 2.83 bits per heavy atom. The molecule has 6 heteroatoms. The molecular formula is C12H16N4O2. The van der Waals surface area contributed by atoms with Crippen LogP contribution in [0.5, 0.6) is 0 Å². The van der Waals surface area contributed by atoms with E-state index >= 15 is 0 Å². The Labute approximate surface area is 106 Å². The minimum Gasteiger partial charge on any atom is -0.394 e. The number of aliphatic hydroxyl groups excluding tert-OH is 1. The molecule has 0 atom stereocenters. The minimum absolute atomic E-state index is 0.00442. The van der Waals surface area contributed by atoms with Crippen molar-refractivity contribution in [2.45, 2.75) is 25.3 Å². The topological polar surface area (TPSA) is 91.1 Å². The highest BCUT2D eigenvalue weighted by atomic mass is 16.5. The van der Waals surface area contributed by atoms with Crippen LogP contribution in [0.2, 0.25) is 0 Å². The van der Waals surface area contributed by atoms with Gasteiger partial charge in [-0.05, 0) is 25.8 Å². The highest BCUT2D eigenvalue weighted by molar-refractivity contribution is 5.36. The first-order valence-corrected chi connectivity index (χ1v) is 5.90. The van der Waals surface area contributed by atoms with Crippen molar-refractivity contribution in [3.63, 3.8) is 0 Å². The van der Waals surface area contributed by atoms with Crippen molar-refractivity contribution >= 4 is 5.95 Å². The lowest BCUT2D eigenvalue weighted by atomic mass is 9.91. The Morgan fingerprint density at radius 1 is 1.50 bits per heavy atom. The molecule has 2 N–H and O–H groups in total. The molecule has 6 nitrogen and oxygen atoms in total. The Bertz CT molecular complexity index is 464. The maximum Gasteiger partial charge on any atom is 0.224 e. The van der Waals surface area contributed by atoms with Gasteiger partial charge in [0.1, 0.15) is 11.8 Å². The van der Waals surface area contributed by atoms with E-state index in [-0.39, 0.29) is 6.61 Å². The van der Waals surface area contributed by atoms with Gasteiger partial charge in [0.05, 0.1) is 12.1 Å². The summed E-state index contributed by atoms with van der Waals surface area (Å²) < 4.78 is 5.29. The number of aliphatic hydroxyl groups is 1. The molecule has 0 aromatic carbocycles. The molecule has 1 aliphatic heterocycles. The van der Waals surface area contributed by atoms with Crippen LogP contribution in [0.3, 0.4) is 0 Å². The molecule has 1 aromatic rings. The Kier molecular flexibility index (Phi) is 3.75. The van der Waals surface area contributed by atoms with Gasteiger partial charge in [0.15, 0.2) is 0 Å². The van der Waals surface area contributed by atoms with Crippen LogP contribution in [-0.4, -0.2) is 40.4 Å². The van der Waals surface area contributed by atoms with Crippen molar-refractivity contribution < 1.29 is 9.84 Å². The van der Waals surface area contributed by atoms with E-state index in [2.05, 4.69) is 15.3 Å². The molecular weight excluding hydrogens is 232 g/mol. The molecule has 0 saturated carbocycles. The second-order valence-corrected chi connectivity index (χ2v) is 4.51. The first-order valence-electron chi connectivity index (χ1n) is 5.90. The number of hydrogen-bond donors (Lipinski definition) is 2. The third-order valence-corrected chi connectivity index (χ3v) is 3.10. The van der Waals surface area contributed by atoms with Crippen molar-refractivity contribution in [2.24, 2.45) is 0 Å². The number of anilines is 1. The van der Waals surface area contributed by atoms with Gasteiger partial charge in [0.2, 0.25) is 5.95 Å². The van der Waals surface area contributed by atoms with Crippen LogP contribution >= 0.6 is 0 Å². The lowest BCUT2D eigenvalue weighted by molar-refractivity contribution is 0.0377. The molecule has 0 unspecified atom stereocenters. The summed E-state index contributed by atoms with van der Waals surface area (Å²) in [4.78, 5) is 8.35. The van der Waals surface area contributed by atoms with E-state index in [1.165, 1.54) is 0 Å². The zero-order chi connectivity index (χ0) is 13.0. The van der Waals surface area contributed by atoms with Crippen LogP contribution in [0.15, 0.2) is 6.07 Å². The van der Waals surface area contributed by atoms with Gasteiger partial charge in [0.25, 0.3) is 0 Å². The molecule has 0 amide bonds. The molecule has 96 valence electrons. The van der Waals surface area contributed by atoms with Crippen LogP contribution < -0.4 is 5.32 Å². The van der Waals surface area contributed by atoms with Gasteiger partial charge < -0.3 is 15.2 Å². The fourth-order valence-corrected chi connectivity index (χ4v) is 2.00.